The molecule has 2 atom stereocenters. The van der Waals surface area contributed by atoms with Gasteiger partial charge in [0.2, 0.25) is 5.91 Å². The minimum atomic E-state index is -0.300. The monoisotopic (exact) mass is 402 g/mol. The number of hydrogen-bond acceptors (Lipinski definition) is 3. The van der Waals surface area contributed by atoms with Crippen LogP contribution >= 0.6 is 22.9 Å². The van der Waals surface area contributed by atoms with Gasteiger partial charge in [-0.15, -0.1) is 11.3 Å². The Morgan fingerprint density at radius 2 is 1.74 bits per heavy atom. The topological polar surface area (TPSA) is 41.1 Å². The lowest BCUT2D eigenvalue weighted by atomic mass is 10.1. The third kappa shape index (κ3) is 5.39. The van der Waals surface area contributed by atoms with Crippen molar-refractivity contribution < 1.29 is 9.18 Å². The van der Waals surface area contributed by atoms with Gasteiger partial charge >= 0.3 is 0 Å². The lowest BCUT2D eigenvalue weighted by Gasteiger charge is -2.20. The number of rotatable bonds is 7. The summed E-state index contributed by atoms with van der Waals surface area (Å²) in [5.74, 6) is -0.424. The molecule has 0 aliphatic heterocycles. The maximum atomic E-state index is 13.2. The second-order valence-corrected chi connectivity index (χ2v) is 7.64. The van der Waals surface area contributed by atoms with Crippen molar-refractivity contribution in [1.82, 2.24) is 10.6 Å². The molecule has 3 rings (SSSR count). The van der Waals surface area contributed by atoms with Crippen molar-refractivity contribution in [1.29, 1.82) is 0 Å². The van der Waals surface area contributed by atoms with E-state index in [1.165, 1.54) is 12.1 Å². The summed E-state index contributed by atoms with van der Waals surface area (Å²) in [6.07, 6.45) is 0. The fourth-order valence-corrected chi connectivity index (χ4v) is 3.69. The van der Waals surface area contributed by atoms with Gasteiger partial charge in [-0.2, -0.15) is 0 Å². The van der Waals surface area contributed by atoms with Crippen molar-refractivity contribution >= 4 is 28.8 Å². The maximum Gasteiger partial charge on any atom is 0.234 e. The zero-order valence-corrected chi connectivity index (χ0v) is 16.4. The number of hydrogen-bond donors (Lipinski definition) is 2. The molecular weight excluding hydrogens is 383 g/mol. The van der Waals surface area contributed by atoms with Crippen molar-refractivity contribution in [2.75, 3.05) is 6.54 Å². The summed E-state index contributed by atoms with van der Waals surface area (Å²) in [6, 6.07) is 17.3. The molecule has 0 bridgehead atoms. The van der Waals surface area contributed by atoms with E-state index in [2.05, 4.69) is 10.6 Å². The van der Waals surface area contributed by atoms with Crippen LogP contribution in [0, 0.1) is 5.82 Å². The Hall–Kier alpha value is -2.21. The summed E-state index contributed by atoms with van der Waals surface area (Å²) in [6.45, 7) is 2.17. The largest absolute Gasteiger partial charge is 0.343 e. The first kappa shape index (κ1) is 19.5. The molecule has 0 radical (unpaired) electrons. The summed E-state index contributed by atoms with van der Waals surface area (Å²) >= 11 is 7.46. The van der Waals surface area contributed by atoms with E-state index < -0.39 is 0 Å². The fraction of sp³-hybridized carbons (Fsp3) is 0.190. The molecule has 3 nitrogen and oxygen atoms in total. The Bertz CT molecular complexity index is 866. The molecule has 3 aromatic rings. The number of amides is 1. The Balaban J connectivity index is 1.64. The quantitative estimate of drug-likeness (QED) is 0.577. The Labute approximate surface area is 167 Å². The Morgan fingerprint density at radius 3 is 2.37 bits per heavy atom. The van der Waals surface area contributed by atoms with Crippen LogP contribution < -0.4 is 10.6 Å². The van der Waals surface area contributed by atoms with E-state index >= 15 is 0 Å². The predicted molar refractivity (Wildman–Crippen MR) is 109 cm³/mol. The number of halogens is 2. The number of nitrogens with one attached hydrogen (secondary N) is 2. The van der Waals surface area contributed by atoms with Crippen molar-refractivity contribution in [3.8, 4) is 0 Å². The molecule has 1 heterocycles. The second-order valence-electron chi connectivity index (χ2n) is 6.22. The van der Waals surface area contributed by atoms with E-state index in [0.29, 0.717) is 5.02 Å². The average Bonchev–Trinajstić information content (AvgIpc) is 3.20. The molecule has 0 saturated carbocycles. The standard InChI is InChI=1S/C21H20ClFN2OS/c1-14(15-4-8-17(22)9-5-15)24-13-20(26)25-21(19-3-2-12-27-19)16-6-10-18(23)11-7-16/h2-12,14,21,24H,13H2,1H3,(H,25,26)/t14-,21+/m0/s1. The van der Waals surface area contributed by atoms with Gasteiger partial charge in [-0.25, -0.2) is 4.39 Å². The Morgan fingerprint density at radius 1 is 1.07 bits per heavy atom. The van der Waals surface area contributed by atoms with Crippen LogP contribution in [0.1, 0.15) is 35.0 Å². The van der Waals surface area contributed by atoms with Crippen LogP contribution in [0.15, 0.2) is 66.0 Å². The van der Waals surface area contributed by atoms with Gasteiger partial charge in [-0.05, 0) is 53.8 Å². The van der Waals surface area contributed by atoms with Crippen molar-refractivity contribution in [3.05, 3.63) is 92.9 Å². The predicted octanol–water partition coefficient (Wildman–Crippen LogP) is 5.10. The summed E-state index contributed by atoms with van der Waals surface area (Å²) in [5.41, 5.74) is 1.90. The van der Waals surface area contributed by atoms with Gasteiger partial charge < -0.3 is 10.6 Å². The van der Waals surface area contributed by atoms with Crippen LogP contribution in [-0.4, -0.2) is 12.5 Å². The number of carbonyl (C=O) groups excluding carboxylic acids is 1. The highest BCUT2D eigenvalue weighted by atomic mass is 35.5. The number of benzene rings is 2. The zero-order valence-electron chi connectivity index (χ0n) is 14.8. The molecule has 6 heteroatoms. The highest BCUT2D eigenvalue weighted by Crippen LogP contribution is 2.26. The van der Waals surface area contributed by atoms with Crippen LogP contribution in [-0.2, 0) is 4.79 Å². The maximum absolute atomic E-state index is 13.2. The van der Waals surface area contributed by atoms with E-state index in [-0.39, 0.29) is 30.4 Å². The number of thiophene rings is 1. The number of carbonyl (C=O) groups is 1. The van der Waals surface area contributed by atoms with E-state index in [4.69, 9.17) is 11.6 Å². The highest BCUT2D eigenvalue weighted by Gasteiger charge is 2.18. The summed E-state index contributed by atoms with van der Waals surface area (Å²) < 4.78 is 13.2. The van der Waals surface area contributed by atoms with Gasteiger partial charge in [0, 0.05) is 15.9 Å². The summed E-state index contributed by atoms with van der Waals surface area (Å²) in [7, 11) is 0. The van der Waals surface area contributed by atoms with Crippen LogP contribution in [0.4, 0.5) is 4.39 Å². The van der Waals surface area contributed by atoms with Gasteiger partial charge in [0.05, 0.1) is 12.6 Å². The minimum Gasteiger partial charge on any atom is -0.343 e. The first-order chi connectivity index (χ1) is 13.0. The molecule has 0 aliphatic carbocycles. The zero-order chi connectivity index (χ0) is 19.2. The third-order valence-corrected chi connectivity index (χ3v) is 5.46. The van der Waals surface area contributed by atoms with Crippen LogP contribution in [0.25, 0.3) is 0 Å². The molecule has 0 fully saturated rings. The van der Waals surface area contributed by atoms with Gasteiger partial charge in [-0.1, -0.05) is 41.9 Å². The lowest BCUT2D eigenvalue weighted by molar-refractivity contribution is -0.120. The molecule has 0 saturated heterocycles. The van der Waals surface area contributed by atoms with E-state index in [1.807, 2.05) is 48.7 Å². The Kier molecular flexibility index (Phi) is 6.61. The highest BCUT2D eigenvalue weighted by molar-refractivity contribution is 7.10. The van der Waals surface area contributed by atoms with Gasteiger partial charge in [-0.3, -0.25) is 4.79 Å². The van der Waals surface area contributed by atoms with E-state index in [0.717, 1.165) is 16.0 Å². The smallest absolute Gasteiger partial charge is 0.234 e. The van der Waals surface area contributed by atoms with Crippen LogP contribution in [0.3, 0.4) is 0 Å². The molecule has 27 heavy (non-hydrogen) atoms. The molecular formula is C21H20ClFN2OS. The lowest BCUT2D eigenvalue weighted by Crippen LogP contribution is -2.37. The first-order valence-corrected chi connectivity index (χ1v) is 9.86. The summed E-state index contributed by atoms with van der Waals surface area (Å²) in [4.78, 5) is 13.5. The molecule has 1 aromatic heterocycles. The molecule has 140 valence electrons. The van der Waals surface area contributed by atoms with Crippen molar-refractivity contribution in [2.45, 2.75) is 19.0 Å². The normalized spacial score (nSPS) is 13.1. The summed E-state index contributed by atoms with van der Waals surface area (Å²) in [5, 5.41) is 8.89. The molecule has 2 aromatic carbocycles. The molecule has 0 unspecified atom stereocenters. The molecule has 0 spiro atoms. The van der Waals surface area contributed by atoms with Crippen molar-refractivity contribution in [2.24, 2.45) is 0 Å². The van der Waals surface area contributed by atoms with E-state index in [1.54, 1.807) is 23.5 Å². The van der Waals surface area contributed by atoms with E-state index in [9.17, 15) is 9.18 Å². The third-order valence-electron chi connectivity index (χ3n) is 4.28. The van der Waals surface area contributed by atoms with Crippen LogP contribution in [0.5, 0.6) is 0 Å². The van der Waals surface area contributed by atoms with Crippen molar-refractivity contribution in [3.63, 3.8) is 0 Å². The molecule has 2 N–H and O–H groups in total. The fourth-order valence-electron chi connectivity index (χ4n) is 2.76. The first-order valence-electron chi connectivity index (χ1n) is 8.60. The van der Waals surface area contributed by atoms with Gasteiger partial charge in [0.1, 0.15) is 5.82 Å². The van der Waals surface area contributed by atoms with Gasteiger partial charge in [0.25, 0.3) is 0 Å². The van der Waals surface area contributed by atoms with Gasteiger partial charge in [0.15, 0.2) is 0 Å². The minimum absolute atomic E-state index is 0.0130. The average molecular weight is 403 g/mol. The van der Waals surface area contributed by atoms with Crippen LogP contribution in [0.2, 0.25) is 5.02 Å². The molecule has 0 aliphatic rings. The molecule has 1 amide bonds. The second kappa shape index (κ2) is 9.13. The SMILES string of the molecule is C[C@H](NCC(=O)N[C@H](c1ccc(F)cc1)c1cccs1)c1ccc(Cl)cc1.